The van der Waals surface area contributed by atoms with E-state index in [1.807, 2.05) is 68.4 Å². The number of methoxy groups -OCH3 is 1. The van der Waals surface area contributed by atoms with Gasteiger partial charge in [-0.15, -0.1) is 0 Å². The van der Waals surface area contributed by atoms with E-state index in [-0.39, 0.29) is 24.3 Å². The van der Waals surface area contributed by atoms with E-state index >= 15 is 0 Å². The summed E-state index contributed by atoms with van der Waals surface area (Å²) in [5, 5.41) is 1.05. The monoisotopic (exact) mass is 537 g/mol. The summed E-state index contributed by atoms with van der Waals surface area (Å²) in [6.07, 6.45) is 1.65. The Labute approximate surface area is 234 Å². The molecule has 2 aliphatic heterocycles. The number of aromatic amines is 1. The smallest absolute Gasteiger partial charge is 0.254 e. The highest BCUT2D eigenvalue weighted by molar-refractivity contribution is 6.01. The van der Waals surface area contributed by atoms with Gasteiger partial charge in [-0.2, -0.15) is 0 Å². The number of carbonyl (C=O) groups is 2. The number of hydrogen-bond acceptors (Lipinski definition) is 4. The van der Waals surface area contributed by atoms with Crippen molar-refractivity contribution in [2.75, 3.05) is 33.4 Å². The molecule has 0 unspecified atom stereocenters. The number of nitrogens with one attached hydrogen (secondary N) is 1. The summed E-state index contributed by atoms with van der Waals surface area (Å²) >= 11 is 0. The van der Waals surface area contributed by atoms with Crippen LogP contribution in [0.4, 0.5) is 0 Å². The van der Waals surface area contributed by atoms with Gasteiger partial charge in [0.2, 0.25) is 5.91 Å². The van der Waals surface area contributed by atoms with Crippen molar-refractivity contribution >= 4 is 22.7 Å². The van der Waals surface area contributed by atoms with Crippen molar-refractivity contribution in [1.29, 1.82) is 0 Å². The van der Waals surface area contributed by atoms with Gasteiger partial charge in [-0.3, -0.25) is 9.59 Å². The molecule has 1 aromatic heterocycles. The molecule has 0 bridgehead atoms. The zero-order chi connectivity index (χ0) is 27.9. The molecule has 2 amide bonds. The van der Waals surface area contributed by atoms with Crippen LogP contribution in [0.3, 0.4) is 0 Å². The number of nitrogens with zero attached hydrogens (tertiary/aromatic N) is 2. The second-order valence-corrected chi connectivity index (χ2v) is 10.7. The van der Waals surface area contributed by atoms with Crippen molar-refractivity contribution in [3.63, 3.8) is 0 Å². The van der Waals surface area contributed by atoms with E-state index < -0.39 is 5.54 Å². The number of aromatic nitrogens is 1. The van der Waals surface area contributed by atoms with E-state index in [9.17, 15) is 9.59 Å². The molecule has 1 fully saturated rings. The molecule has 4 aromatic rings. The summed E-state index contributed by atoms with van der Waals surface area (Å²) in [5.41, 5.74) is 3.81. The normalized spacial score (nSPS) is 20.4. The quantitative estimate of drug-likeness (QED) is 0.334. The van der Waals surface area contributed by atoms with Gasteiger partial charge >= 0.3 is 0 Å². The van der Waals surface area contributed by atoms with Crippen molar-refractivity contribution in [2.24, 2.45) is 0 Å². The first-order chi connectivity index (χ1) is 19.5. The van der Waals surface area contributed by atoms with Crippen molar-refractivity contribution < 1.29 is 19.1 Å². The van der Waals surface area contributed by atoms with Gasteiger partial charge in [0.05, 0.1) is 26.0 Å². The van der Waals surface area contributed by atoms with Gasteiger partial charge in [-0.05, 0) is 49.9 Å². The Kier molecular flexibility index (Phi) is 6.74. The molecular weight excluding hydrogens is 502 g/mol. The van der Waals surface area contributed by atoms with Crippen LogP contribution in [0.5, 0.6) is 11.5 Å². The number of carbonyl (C=O) groups excluding carboxylic acids is 2. The zero-order valence-electron chi connectivity index (χ0n) is 23.3. The lowest BCUT2D eigenvalue weighted by Crippen LogP contribution is -2.67. The fourth-order valence-corrected chi connectivity index (χ4v) is 6.52. The third-order valence-electron chi connectivity index (χ3n) is 8.45. The Morgan fingerprint density at radius 2 is 1.77 bits per heavy atom. The molecule has 0 radical (unpaired) electrons. The van der Waals surface area contributed by atoms with Gasteiger partial charge in [0.1, 0.15) is 0 Å². The van der Waals surface area contributed by atoms with E-state index in [1.54, 1.807) is 16.9 Å². The first kappa shape index (κ1) is 26.0. The molecule has 2 aliphatic rings. The fraction of sp³-hybridized carbons (Fsp3) is 0.333. The van der Waals surface area contributed by atoms with E-state index in [2.05, 4.69) is 23.2 Å². The number of aryl methyl sites for hydroxylation is 1. The average Bonchev–Trinajstić information content (AvgIpc) is 3.38. The van der Waals surface area contributed by atoms with Gasteiger partial charge in [-0.1, -0.05) is 60.7 Å². The second-order valence-electron chi connectivity index (χ2n) is 10.7. The first-order valence-corrected chi connectivity index (χ1v) is 14.0. The summed E-state index contributed by atoms with van der Waals surface area (Å²) < 4.78 is 11.8. The number of benzene rings is 3. The van der Waals surface area contributed by atoms with Crippen molar-refractivity contribution in [3.05, 3.63) is 95.2 Å². The summed E-state index contributed by atoms with van der Waals surface area (Å²) in [6.45, 7) is 5.33. The van der Waals surface area contributed by atoms with Crippen LogP contribution in [0.15, 0.2) is 72.8 Å². The third kappa shape index (κ3) is 4.12. The van der Waals surface area contributed by atoms with Crippen LogP contribution in [-0.4, -0.2) is 59.9 Å². The zero-order valence-corrected chi connectivity index (χ0v) is 23.3. The molecule has 2 atom stereocenters. The lowest BCUT2D eigenvalue weighted by molar-refractivity contribution is -0.166. The molecule has 3 aromatic carbocycles. The molecule has 0 aliphatic carbocycles. The number of H-pyrrole nitrogens is 1. The maximum absolute atomic E-state index is 14.3. The van der Waals surface area contributed by atoms with Gasteiger partial charge in [0, 0.05) is 35.5 Å². The van der Waals surface area contributed by atoms with Gasteiger partial charge in [-0.25, -0.2) is 0 Å². The molecule has 40 heavy (non-hydrogen) atoms. The number of piperazine rings is 1. The first-order valence-electron chi connectivity index (χ1n) is 14.0. The predicted octanol–water partition coefficient (Wildman–Crippen LogP) is 5.24. The molecule has 0 saturated carbocycles. The van der Waals surface area contributed by atoms with Gasteiger partial charge in [0.25, 0.3) is 5.91 Å². The standard InChI is InChI=1S/C33H35N3O4/c1-4-40-30-23(16-10-18-27(30)39-3)25-20-36-28(37)21-35(19-11-14-22-12-6-5-7-13-22)32(38)33(36,2)31-29(25)24-15-8-9-17-26(24)34-31/h5-10,12-13,15-18,25,34H,4,11,14,19-21H2,1-3H3/t25-,33+/m1/s1. The molecule has 1 saturated heterocycles. The van der Waals surface area contributed by atoms with Gasteiger partial charge < -0.3 is 24.3 Å². The van der Waals surface area contributed by atoms with Crippen molar-refractivity contribution in [3.8, 4) is 11.5 Å². The number of fused-ring (bicyclic) bond motifs is 5. The largest absolute Gasteiger partial charge is 0.493 e. The maximum Gasteiger partial charge on any atom is 0.254 e. The lowest BCUT2D eigenvalue weighted by Gasteiger charge is -2.51. The van der Waals surface area contributed by atoms with Crippen LogP contribution < -0.4 is 9.47 Å². The highest BCUT2D eigenvalue weighted by Crippen LogP contribution is 2.50. The van der Waals surface area contributed by atoms with E-state index in [0.29, 0.717) is 31.2 Å². The van der Waals surface area contributed by atoms with Crippen LogP contribution in [0.2, 0.25) is 0 Å². The van der Waals surface area contributed by atoms with Crippen molar-refractivity contribution in [1.82, 2.24) is 14.8 Å². The molecule has 3 heterocycles. The lowest BCUT2D eigenvalue weighted by atomic mass is 9.76. The maximum atomic E-state index is 14.3. The summed E-state index contributed by atoms with van der Waals surface area (Å²) in [5.74, 6) is 1.05. The Hall–Kier alpha value is -4.26. The van der Waals surface area contributed by atoms with Crippen LogP contribution in [0.25, 0.3) is 10.9 Å². The van der Waals surface area contributed by atoms with E-state index in [4.69, 9.17) is 9.47 Å². The number of ether oxygens (including phenoxy) is 2. The second kappa shape index (κ2) is 10.4. The minimum absolute atomic E-state index is 0.0397. The average molecular weight is 538 g/mol. The molecular formula is C33H35N3O4. The molecule has 206 valence electrons. The van der Waals surface area contributed by atoms with Crippen LogP contribution in [0, 0.1) is 0 Å². The molecule has 6 rings (SSSR count). The predicted molar refractivity (Wildman–Crippen MR) is 155 cm³/mol. The topological polar surface area (TPSA) is 74.9 Å². The van der Waals surface area contributed by atoms with Gasteiger partial charge in [0.15, 0.2) is 17.0 Å². The molecule has 7 nitrogen and oxygen atoms in total. The van der Waals surface area contributed by atoms with E-state index in [0.717, 1.165) is 40.6 Å². The Morgan fingerprint density at radius 3 is 2.55 bits per heavy atom. The summed E-state index contributed by atoms with van der Waals surface area (Å²) in [6, 6.07) is 24.3. The van der Waals surface area contributed by atoms with Crippen molar-refractivity contribution in [2.45, 2.75) is 38.1 Å². The Morgan fingerprint density at radius 1 is 1.00 bits per heavy atom. The number of hydrogen-bond donors (Lipinski definition) is 1. The molecule has 0 spiro atoms. The van der Waals surface area contributed by atoms with Crippen LogP contribution in [0.1, 0.15) is 48.6 Å². The summed E-state index contributed by atoms with van der Waals surface area (Å²) in [7, 11) is 1.63. The van der Waals surface area contributed by atoms with E-state index in [1.165, 1.54) is 5.56 Å². The SMILES string of the molecule is CCOc1c(OC)cccc1[C@H]1CN2C(=O)CN(CCCc3ccccc3)C(=O)[C@]2(C)c2[nH]c3ccccc3c21. The molecule has 1 N–H and O–H groups in total. The number of rotatable bonds is 8. The third-order valence-corrected chi connectivity index (χ3v) is 8.45. The minimum Gasteiger partial charge on any atom is -0.493 e. The van der Waals surface area contributed by atoms with Crippen LogP contribution in [-0.2, 0) is 21.5 Å². The fourth-order valence-electron chi connectivity index (χ4n) is 6.52. The molecule has 7 heteroatoms. The van der Waals surface area contributed by atoms with Crippen LogP contribution >= 0.6 is 0 Å². The highest BCUT2D eigenvalue weighted by Gasteiger charge is 2.56. The highest BCUT2D eigenvalue weighted by atomic mass is 16.5. The Bertz CT molecular complexity index is 1560. The number of para-hydroxylation sites is 2. The summed E-state index contributed by atoms with van der Waals surface area (Å²) in [4.78, 5) is 35.2. The minimum atomic E-state index is -1.13. The Balaban J connectivity index is 1.43. The number of amides is 2.